The molecule has 0 aromatic heterocycles. The molecule has 1 atom stereocenters. The van der Waals surface area contributed by atoms with Crippen LogP contribution in [0.15, 0.2) is 29.4 Å². The number of carbonyl (C=O) groups is 2. The van der Waals surface area contributed by atoms with Gasteiger partial charge in [-0.1, -0.05) is 25.1 Å². The van der Waals surface area contributed by atoms with Crippen LogP contribution in [0.1, 0.15) is 12.5 Å². The van der Waals surface area contributed by atoms with Crippen molar-refractivity contribution in [2.45, 2.75) is 6.92 Å². The number of amides is 2. The number of aliphatic carboxylic acids is 1. The summed E-state index contributed by atoms with van der Waals surface area (Å²) in [6, 6.07) is 6.49. The second-order valence-electron chi connectivity index (χ2n) is 3.94. The van der Waals surface area contributed by atoms with Crippen LogP contribution in [0.4, 0.5) is 10.5 Å². The molecule has 0 aliphatic carbocycles. The summed E-state index contributed by atoms with van der Waals surface area (Å²) < 4.78 is 0. The molecule has 1 unspecified atom stereocenters. The van der Waals surface area contributed by atoms with Gasteiger partial charge in [0.15, 0.2) is 0 Å². The number of nitrogens with one attached hydrogen (secondary N) is 2. The summed E-state index contributed by atoms with van der Waals surface area (Å²) in [7, 11) is 0. The molecule has 1 aromatic rings. The maximum atomic E-state index is 11.6. The van der Waals surface area contributed by atoms with Crippen molar-refractivity contribution in [3.8, 4) is 0 Å². The molecular formula is C12H16N4O3. The maximum Gasteiger partial charge on any atom is 0.319 e. The van der Waals surface area contributed by atoms with Crippen LogP contribution in [0.3, 0.4) is 0 Å². The van der Waals surface area contributed by atoms with Gasteiger partial charge in [-0.3, -0.25) is 4.79 Å². The van der Waals surface area contributed by atoms with Gasteiger partial charge in [0.2, 0.25) is 0 Å². The summed E-state index contributed by atoms with van der Waals surface area (Å²) in [5.41, 5.74) is 1.20. The molecule has 0 spiro atoms. The van der Waals surface area contributed by atoms with Crippen molar-refractivity contribution in [3.63, 3.8) is 0 Å². The minimum Gasteiger partial charge on any atom is -0.481 e. The summed E-state index contributed by atoms with van der Waals surface area (Å²) >= 11 is 0. The topological polar surface area (TPSA) is 117 Å². The van der Waals surface area contributed by atoms with E-state index >= 15 is 0 Å². The Morgan fingerprint density at radius 3 is 2.79 bits per heavy atom. The van der Waals surface area contributed by atoms with Crippen LogP contribution in [0, 0.1) is 5.92 Å². The molecule has 19 heavy (non-hydrogen) atoms. The van der Waals surface area contributed by atoms with Crippen LogP contribution >= 0.6 is 0 Å². The first-order valence-corrected chi connectivity index (χ1v) is 5.64. The van der Waals surface area contributed by atoms with Crippen LogP contribution < -0.4 is 16.5 Å². The molecular weight excluding hydrogens is 248 g/mol. The smallest absolute Gasteiger partial charge is 0.319 e. The third kappa shape index (κ3) is 4.66. The van der Waals surface area contributed by atoms with Gasteiger partial charge >= 0.3 is 12.0 Å². The molecule has 5 N–H and O–H groups in total. The van der Waals surface area contributed by atoms with Gasteiger partial charge < -0.3 is 21.6 Å². The standard InChI is InChI=1S/C12H16N4O3/c1-8(11(17)18)6-14-12(19)16-10-5-3-2-4-9(10)7-15-13/h2-5,7-8H,6,13H2,1H3,(H,17,18)(H2,14,16,19). The molecule has 0 aliphatic heterocycles. The van der Waals surface area contributed by atoms with Gasteiger partial charge in [-0.25, -0.2) is 4.79 Å². The third-order valence-corrected chi connectivity index (χ3v) is 2.41. The third-order valence-electron chi connectivity index (χ3n) is 2.41. The van der Waals surface area contributed by atoms with E-state index < -0.39 is 17.9 Å². The zero-order chi connectivity index (χ0) is 14.3. The summed E-state index contributed by atoms with van der Waals surface area (Å²) in [6.45, 7) is 1.56. The van der Waals surface area contributed by atoms with E-state index in [0.717, 1.165) is 0 Å². The van der Waals surface area contributed by atoms with Gasteiger partial charge in [-0.15, -0.1) is 0 Å². The number of carboxylic acids is 1. The molecule has 7 heteroatoms. The van der Waals surface area contributed by atoms with Crippen molar-refractivity contribution in [2.75, 3.05) is 11.9 Å². The van der Waals surface area contributed by atoms with Gasteiger partial charge in [0.05, 0.1) is 17.8 Å². The monoisotopic (exact) mass is 264 g/mol. The number of hydrazone groups is 1. The van der Waals surface area contributed by atoms with Crippen LogP contribution in [-0.4, -0.2) is 29.9 Å². The molecule has 0 fully saturated rings. The van der Waals surface area contributed by atoms with Crippen molar-refractivity contribution < 1.29 is 14.7 Å². The van der Waals surface area contributed by atoms with Crippen LogP contribution in [0.25, 0.3) is 0 Å². The second kappa shape index (κ2) is 7.00. The van der Waals surface area contributed by atoms with E-state index in [-0.39, 0.29) is 6.54 Å². The fourth-order valence-corrected chi connectivity index (χ4v) is 1.30. The van der Waals surface area contributed by atoms with Crippen LogP contribution in [-0.2, 0) is 4.79 Å². The van der Waals surface area contributed by atoms with Crippen molar-refractivity contribution in [1.82, 2.24) is 5.32 Å². The average Bonchev–Trinajstić information content (AvgIpc) is 2.38. The van der Waals surface area contributed by atoms with Gasteiger partial charge in [-0.05, 0) is 6.07 Å². The number of hydrogen-bond acceptors (Lipinski definition) is 4. The summed E-state index contributed by atoms with van der Waals surface area (Å²) in [6.07, 6.45) is 1.41. The normalized spacial score (nSPS) is 12.1. The highest BCUT2D eigenvalue weighted by atomic mass is 16.4. The Morgan fingerprint density at radius 2 is 2.16 bits per heavy atom. The average molecular weight is 264 g/mol. The molecule has 7 nitrogen and oxygen atoms in total. The molecule has 0 aliphatic rings. The van der Waals surface area contributed by atoms with Gasteiger partial charge in [0.25, 0.3) is 0 Å². The molecule has 0 radical (unpaired) electrons. The molecule has 102 valence electrons. The fraction of sp³-hybridized carbons (Fsp3) is 0.250. The number of carboxylic acid groups (broad SMARTS) is 1. The minimum atomic E-state index is -0.962. The Balaban J connectivity index is 2.60. The Hall–Kier alpha value is -2.57. The number of anilines is 1. The quantitative estimate of drug-likeness (QED) is 0.358. The molecule has 0 saturated carbocycles. The number of rotatable bonds is 5. The zero-order valence-electron chi connectivity index (χ0n) is 10.5. The molecule has 2 amide bonds. The van der Waals surface area contributed by atoms with E-state index in [2.05, 4.69) is 15.7 Å². The largest absolute Gasteiger partial charge is 0.481 e. The Labute approximate surface area is 110 Å². The fourth-order valence-electron chi connectivity index (χ4n) is 1.30. The first-order valence-electron chi connectivity index (χ1n) is 5.64. The lowest BCUT2D eigenvalue weighted by molar-refractivity contribution is -0.140. The number of urea groups is 1. The maximum absolute atomic E-state index is 11.6. The van der Waals surface area contributed by atoms with Crippen LogP contribution in [0.5, 0.6) is 0 Å². The highest BCUT2D eigenvalue weighted by molar-refractivity contribution is 5.96. The first-order chi connectivity index (χ1) is 9.04. The van der Waals surface area contributed by atoms with Gasteiger partial charge in [0, 0.05) is 12.1 Å². The van der Waals surface area contributed by atoms with Crippen molar-refractivity contribution in [1.29, 1.82) is 0 Å². The number of nitrogens with two attached hydrogens (primary N) is 1. The van der Waals surface area contributed by atoms with E-state index in [9.17, 15) is 9.59 Å². The lowest BCUT2D eigenvalue weighted by atomic mass is 10.2. The van der Waals surface area contributed by atoms with Crippen molar-refractivity contribution >= 4 is 23.9 Å². The number of benzene rings is 1. The molecule has 1 aromatic carbocycles. The summed E-state index contributed by atoms with van der Waals surface area (Å²) in [5, 5.41) is 17.2. The van der Waals surface area contributed by atoms with Gasteiger partial charge in [-0.2, -0.15) is 5.10 Å². The lowest BCUT2D eigenvalue weighted by Crippen LogP contribution is -2.34. The molecule has 0 saturated heterocycles. The molecule has 0 heterocycles. The van der Waals surface area contributed by atoms with E-state index in [0.29, 0.717) is 11.3 Å². The Bertz CT molecular complexity index is 488. The summed E-state index contributed by atoms with van der Waals surface area (Å²) in [4.78, 5) is 22.2. The van der Waals surface area contributed by atoms with E-state index in [4.69, 9.17) is 10.9 Å². The number of nitrogens with zero attached hydrogens (tertiary/aromatic N) is 1. The minimum absolute atomic E-state index is 0.0499. The second-order valence-corrected chi connectivity index (χ2v) is 3.94. The Kier molecular flexibility index (Phi) is 5.34. The van der Waals surface area contributed by atoms with E-state index in [1.807, 2.05) is 0 Å². The molecule has 0 bridgehead atoms. The van der Waals surface area contributed by atoms with Gasteiger partial charge in [0.1, 0.15) is 0 Å². The predicted octanol–water partition coefficient (Wildman–Crippen LogP) is 0.821. The first kappa shape index (κ1) is 14.5. The lowest BCUT2D eigenvalue weighted by Gasteiger charge is -2.11. The van der Waals surface area contributed by atoms with Crippen molar-refractivity contribution in [2.24, 2.45) is 16.9 Å². The number of hydrogen-bond donors (Lipinski definition) is 4. The van der Waals surface area contributed by atoms with Crippen LogP contribution in [0.2, 0.25) is 0 Å². The predicted molar refractivity (Wildman–Crippen MR) is 72.0 cm³/mol. The van der Waals surface area contributed by atoms with E-state index in [1.165, 1.54) is 13.1 Å². The zero-order valence-corrected chi connectivity index (χ0v) is 10.5. The SMILES string of the molecule is CC(CNC(=O)Nc1ccccc1C=NN)C(=O)O. The van der Waals surface area contributed by atoms with E-state index in [1.54, 1.807) is 24.3 Å². The van der Waals surface area contributed by atoms with Crippen molar-refractivity contribution in [3.05, 3.63) is 29.8 Å². The Morgan fingerprint density at radius 1 is 1.47 bits per heavy atom. The number of carbonyl (C=O) groups excluding carboxylic acids is 1. The highest BCUT2D eigenvalue weighted by Crippen LogP contribution is 2.12. The number of para-hydroxylation sites is 1. The highest BCUT2D eigenvalue weighted by Gasteiger charge is 2.12. The summed E-state index contributed by atoms with van der Waals surface area (Å²) in [5.74, 6) is 3.46. The molecule has 1 rings (SSSR count).